The van der Waals surface area contributed by atoms with Crippen LogP contribution in [0.4, 0.5) is 5.00 Å². The molecule has 0 unspecified atom stereocenters. The molecule has 0 aliphatic carbocycles. The van der Waals surface area contributed by atoms with Crippen LogP contribution in [0.2, 0.25) is 0 Å². The molecule has 2 heterocycles. The van der Waals surface area contributed by atoms with Gasteiger partial charge < -0.3 is 14.5 Å². The number of nitrogens with one attached hydrogen (secondary N) is 1. The predicted molar refractivity (Wildman–Crippen MR) is 73.6 cm³/mol. The van der Waals surface area contributed by atoms with Crippen LogP contribution in [0.25, 0.3) is 0 Å². The summed E-state index contributed by atoms with van der Waals surface area (Å²) in [4.78, 5) is 11.8. The van der Waals surface area contributed by atoms with Crippen molar-refractivity contribution in [2.24, 2.45) is 0 Å². The molecule has 19 heavy (non-hydrogen) atoms. The minimum atomic E-state index is -0.341. The maximum Gasteiger partial charge on any atom is 0.343 e. The Balaban J connectivity index is 2.10. The number of hydrogen-bond donors (Lipinski definition) is 1. The van der Waals surface area contributed by atoms with Gasteiger partial charge in [0.2, 0.25) is 0 Å². The van der Waals surface area contributed by atoms with E-state index in [1.165, 1.54) is 11.5 Å². The van der Waals surface area contributed by atoms with E-state index in [1.54, 1.807) is 13.8 Å². The quantitative estimate of drug-likeness (QED) is 0.852. The Morgan fingerprint density at radius 2 is 2.26 bits per heavy atom. The molecule has 2 rings (SSSR count). The highest BCUT2D eigenvalue weighted by atomic mass is 32.1. The fourth-order valence-corrected chi connectivity index (χ4v) is 2.46. The molecule has 5 nitrogen and oxygen atoms in total. The smallest absolute Gasteiger partial charge is 0.343 e. The summed E-state index contributed by atoms with van der Waals surface area (Å²) in [6.45, 7) is 6.34. The van der Waals surface area contributed by atoms with Gasteiger partial charge >= 0.3 is 5.97 Å². The first-order chi connectivity index (χ1) is 9.11. The molecule has 102 valence electrons. The zero-order valence-electron chi connectivity index (χ0n) is 11.1. The van der Waals surface area contributed by atoms with Crippen molar-refractivity contribution in [3.05, 3.63) is 34.9 Å². The lowest BCUT2D eigenvalue weighted by Gasteiger charge is -2.05. The Kier molecular flexibility index (Phi) is 4.21. The van der Waals surface area contributed by atoms with Crippen LogP contribution in [0.3, 0.4) is 0 Å². The molecule has 0 amide bonds. The molecule has 0 bridgehead atoms. The molecule has 0 spiro atoms. The highest BCUT2D eigenvalue weighted by molar-refractivity contribution is 7.10. The molecule has 1 N–H and O–H groups in total. The summed E-state index contributed by atoms with van der Waals surface area (Å²) in [6, 6.07) is 3.81. The zero-order chi connectivity index (χ0) is 13.8. The van der Waals surface area contributed by atoms with Crippen LogP contribution < -0.4 is 5.32 Å². The van der Waals surface area contributed by atoms with Crippen molar-refractivity contribution >= 4 is 22.5 Å². The summed E-state index contributed by atoms with van der Waals surface area (Å²) < 4.78 is 14.7. The topological polar surface area (TPSA) is 64.4 Å². The van der Waals surface area contributed by atoms with Crippen molar-refractivity contribution in [3.8, 4) is 0 Å². The standard InChI is InChI=1S/C13H16N2O3S/c1-4-17-13(16)11-9(3)15-19-12(11)14-7-10-6-5-8(2)18-10/h5-6,14H,4,7H2,1-3H3. The van der Waals surface area contributed by atoms with Gasteiger partial charge in [0, 0.05) is 0 Å². The molecule has 0 aliphatic rings. The van der Waals surface area contributed by atoms with Gasteiger partial charge in [-0.2, -0.15) is 4.37 Å². The Morgan fingerprint density at radius 1 is 1.47 bits per heavy atom. The molecule has 0 saturated carbocycles. The fourth-order valence-electron chi connectivity index (χ4n) is 1.68. The zero-order valence-corrected chi connectivity index (χ0v) is 12.0. The molecule has 2 aromatic rings. The van der Waals surface area contributed by atoms with Gasteiger partial charge in [-0.25, -0.2) is 4.79 Å². The second-order valence-electron chi connectivity index (χ2n) is 4.06. The third-order valence-corrected chi connectivity index (χ3v) is 3.46. The van der Waals surface area contributed by atoms with Crippen molar-refractivity contribution in [2.45, 2.75) is 27.3 Å². The van der Waals surface area contributed by atoms with E-state index in [0.29, 0.717) is 29.4 Å². The first kappa shape index (κ1) is 13.6. The number of ether oxygens (including phenoxy) is 1. The first-order valence-corrected chi connectivity index (χ1v) is 6.81. The van der Waals surface area contributed by atoms with Crippen LogP contribution in [0, 0.1) is 13.8 Å². The summed E-state index contributed by atoms with van der Waals surface area (Å²) in [5, 5.41) is 3.88. The third kappa shape index (κ3) is 3.14. The van der Waals surface area contributed by atoms with Gasteiger partial charge in [0.25, 0.3) is 0 Å². The number of furan rings is 1. The van der Waals surface area contributed by atoms with Gasteiger partial charge in [-0.05, 0) is 44.4 Å². The normalized spacial score (nSPS) is 10.5. The summed E-state index contributed by atoms with van der Waals surface area (Å²) in [6.07, 6.45) is 0. The highest BCUT2D eigenvalue weighted by Gasteiger charge is 2.19. The van der Waals surface area contributed by atoms with Crippen LogP contribution in [0.1, 0.15) is 34.5 Å². The van der Waals surface area contributed by atoms with Crippen LogP contribution in [0.5, 0.6) is 0 Å². The number of aromatic nitrogens is 1. The maximum atomic E-state index is 11.8. The van der Waals surface area contributed by atoms with Gasteiger partial charge in [0.05, 0.1) is 18.8 Å². The largest absolute Gasteiger partial charge is 0.465 e. The lowest BCUT2D eigenvalue weighted by molar-refractivity contribution is 0.0527. The lowest BCUT2D eigenvalue weighted by Crippen LogP contribution is -2.09. The van der Waals surface area contributed by atoms with Crippen molar-refractivity contribution in [2.75, 3.05) is 11.9 Å². The van der Waals surface area contributed by atoms with Gasteiger partial charge in [0.1, 0.15) is 22.1 Å². The molecule has 0 saturated heterocycles. The predicted octanol–water partition coefficient (Wildman–Crippen LogP) is 3.14. The summed E-state index contributed by atoms with van der Waals surface area (Å²) in [7, 11) is 0. The highest BCUT2D eigenvalue weighted by Crippen LogP contribution is 2.26. The van der Waals surface area contributed by atoms with E-state index in [2.05, 4.69) is 9.69 Å². The minimum absolute atomic E-state index is 0.341. The molecule has 0 aliphatic heterocycles. The van der Waals surface area contributed by atoms with Crippen molar-refractivity contribution in [3.63, 3.8) is 0 Å². The average Bonchev–Trinajstić information content (AvgIpc) is 2.93. The van der Waals surface area contributed by atoms with Gasteiger partial charge in [-0.3, -0.25) is 0 Å². The second-order valence-corrected chi connectivity index (χ2v) is 4.83. The van der Waals surface area contributed by atoms with Crippen molar-refractivity contribution < 1.29 is 13.9 Å². The molecule has 0 atom stereocenters. The van der Waals surface area contributed by atoms with Crippen molar-refractivity contribution in [1.29, 1.82) is 0 Å². The second kappa shape index (κ2) is 5.88. The number of esters is 1. The number of aryl methyl sites for hydroxylation is 2. The Hall–Kier alpha value is -1.82. The third-order valence-electron chi connectivity index (χ3n) is 2.56. The number of carbonyl (C=O) groups excluding carboxylic acids is 1. The van der Waals surface area contributed by atoms with Crippen LogP contribution in [-0.2, 0) is 11.3 Å². The molecule has 0 fully saturated rings. The molecule has 0 aromatic carbocycles. The molecule has 0 radical (unpaired) electrons. The summed E-state index contributed by atoms with van der Waals surface area (Å²) in [5.41, 5.74) is 1.19. The Morgan fingerprint density at radius 3 is 2.89 bits per heavy atom. The van der Waals surface area contributed by atoms with E-state index in [-0.39, 0.29) is 5.97 Å². The molecule has 6 heteroatoms. The maximum absolute atomic E-state index is 11.8. The molecular formula is C13H16N2O3S. The van der Waals surface area contributed by atoms with Gasteiger partial charge in [-0.1, -0.05) is 0 Å². The van der Waals surface area contributed by atoms with Crippen LogP contribution >= 0.6 is 11.5 Å². The number of anilines is 1. The number of nitrogens with zero attached hydrogens (tertiary/aromatic N) is 1. The van der Waals surface area contributed by atoms with Crippen LogP contribution in [0.15, 0.2) is 16.5 Å². The van der Waals surface area contributed by atoms with Gasteiger partial charge in [0.15, 0.2) is 0 Å². The van der Waals surface area contributed by atoms with Crippen molar-refractivity contribution in [1.82, 2.24) is 4.37 Å². The number of hydrogen-bond acceptors (Lipinski definition) is 6. The van der Waals surface area contributed by atoms with Gasteiger partial charge in [-0.15, -0.1) is 0 Å². The van der Waals surface area contributed by atoms with E-state index < -0.39 is 0 Å². The first-order valence-electron chi connectivity index (χ1n) is 6.04. The average molecular weight is 280 g/mol. The Labute approximate surface area is 115 Å². The van der Waals surface area contributed by atoms with E-state index in [1.807, 2.05) is 19.1 Å². The molecule has 2 aromatic heterocycles. The Bertz CT molecular complexity index is 574. The fraction of sp³-hybridized carbons (Fsp3) is 0.385. The number of rotatable bonds is 5. The number of carbonyl (C=O) groups is 1. The molecular weight excluding hydrogens is 264 g/mol. The van der Waals surface area contributed by atoms with Crippen LogP contribution in [-0.4, -0.2) is 16.9 Å². The van der Waals surface area contributed by atoms with E-state index in [0.717, 1.165) is 11.5 Å². The summed E-state index contributed by atoms with van der Waals surface area (Å²) >= 11 is 1.25. The monoisotopic (exact) mass is 280 g/mol. The van der Waals surface area contributed by atoms with E-state index >= 15 is 0 Å². The van der Waals surface area contributed by atoms with E-state index in [4.69, 9.17) is 9.15 Å². The SMILES string of the molecule is CCOC(=O)c1c(C)nsc1NCc1ccc(C)o1. The summed E-state index contributed by atoms with van der Waals surface area (Å²) in [5.74, 6) is 1.34. The minimum Gasteiger partial charge on any atom is -0.465 e. The van der Waals surface area contributed by atoms with E-state index in [9.17, 15) is 4.79 Å². The lowest BCUT2D eigenvalue weighted by atomic mass is 10.2.